The highest BCUT2D eigenvalue weighted by atomic mass is 35.5. The molecule has 0 aliphatic carbocycles. The van der Waals surface area contributed by atoms with E-state index >= 15 is 0 Å². The van der Waals surface area contributed by atoms with E-state index in [9.17, 15) is 4.79 Å². The zero-order chi connectivity index (χ0) is 15.8. The van der Waals surface area contributed by atoms with Crippen LogP contribution < -0.4 is 10.6 Å². The maximum atomic E-state index is 12.0. The number of amides is 1. The zero-order valence-corrected chi connectivity index (χ0v) is 12.3. The van der Waals surface area contributed by atoms with Gasteiger partial charge in [0.15, 0.2) is 0 Å². The summed E-state index contributed by atoms with van der Waals surface area (Å²) in [6, 6.07) is 12.2. The van der Waals surface area contributed by atoms with Gasteiger partial charge >= 0.3 is 0 Å². The van der Waals surface area contributed by atoms with Crippen LogP contribution in [0.5, 0.6) is 0 Å². The van der Waals surface area contributed by atoms with Crippen molar-refractivity contribution in [2.24, 2.45) is 0 Å². The molecule has 1 amide bonds. The van der Waals surface area contributed by atoms with Crippen LogP contribution >= 0.6 is 11.6 Å². The van der Waals surface area contributed by atoms with Crippen LogP contribution in [0, 0.1) is 11.3 Å². The minimum Gasteiger partial charge on any atom is -0.386 e. The summed E-state index contributed by atoms with van der Waals surface area (Å²) < 4.78 is 0. The highest BCUT2D eigenvalue weighted by molar-refractivity contribution is 6.30. The summed E-state index contributed by atoms with van der Waals surface area (Å²) in [5.41, 5.74) is 1.57. The van der Waals surface area contributed by atoms with Gasteiger partial charge in [-0.2, -0.15) is 5.26 Å². The number of nitriles is 1. The lowest BCUT2D eigenvalue weighted by molar-refractivity contribution is -0.112. The van der Waals surface area contributed by atoms with E-state index in [0.717, 1.165) is 5.56 Å². The van der Waals surface area contributed by atoms with E-state index in [1.807, 2.05) is 18.2 Å². The normalized spacial score (nSPS) is 10.6. The van der Waals surface area contributed by atoms with Crippen molar-refractivity contribution in [1.29, 1.82) is 5.26 Å². The maximum Gasteiger partial charge on any atom is 0.267 e. The first-order chi connectivity index (χ1) is 10.7. The molecular formula is C16H13ClN4O. The standard InChI is InChI=1S/C16H13ClN4O/c17-14-1-3-15(4-2-14)21-16(22)13(9-18)11-20-10-12-5-7-19-8-6-12/h1-8,11,20H,10H2,(H,21,22)/b13-11-. The van der Waals surface area contributed by atoms with Crippen LogP contribution in [0.1, 0.15) is 5.56 Å². The van der Waals surface area contributed by atoms with Gasteiger partial charge < -0.3 is 10.6 Å². The van der Waals surface area contributed by atoms with E-state index < -0.39 is 5.91 Å². The molecule has 1 aromatic heterocycles. The number of pyridine rings is 1. The fourth-order valence-electron chi connectivity index (χ4n) is 1.65. The third-order valence-corrected chi connectivity index (χ3v) is 3.02. The number of carbonyl (C=O) groups is 1. The molecule has 22 heavy (non-hydrogen) atoms. The van der Waals surface area contributed by atoms with Crippen LogP contribution in [0.2, 0.25) is 5.02 Å². The van der Waals surface area contributed by atoms with Crippen molar-refractivity contribution in [1.82, 2.24) is 10.3 Å². The molecule has 0 spiro atoms. The Bertz CT molecular complexity index is 705. The smallest absolute Gasteiger partial charge is 0.267 e. The Labute approximate surface area is 133 Å². The van der Waals surface area contributed by atoms with Gasteiger partial charge in [0.2, 0.25) is 0 Å². The van der Waals surface area contributed by atoms with Crippen LogP contribution in [0.3, 0.4) is 0 Å². The molecule has 110 valence electrons. The summed E-state index contributed by atoms with van der Waals surface area (Å²) in [5, 5.41) is 15.2. The second kappa shape index (κ2) is 7.81. The molecule has 0 bridgehead atoms. The SMILES string of the molecule is N#C/C(=C/NCc1ccncc1)C(=O)Nc1ccc(Cl)cc1. The molecule has 0 radical (unpaired) electrons. The fraction of sp³-hybridized carbons (Fsp3) is 0.0625. The molecule has 2 aromatic rings. The number of hydrogen-bond acceptors (Lipinski definition) is 4. The number of benzene rings is 1. The lowest BCUT2D eigenvalue weighted by Crippen LogP contribution is -2.16. The van der Waals surface area contributed by atoms with E-state index in [2.05, 4.69) is 15.6 Å². The Morgan fingerprint density at radius 3 is 2.55 bits per heavy atom. The summed E-state index contributed by atoms with van der Waals surface area (Å²) in [7, 11) is 0. The largest absolute Gasteiger partial charge is 0.386 e. The van der Waals surface area contributed by atoms with Crippen LogP contribution in [0.15, 0.2) is 60.6 Å². The topological polar surface area (TPSA) is 77.8 Å². The number of nitrogens with zero attached hydrogens (tertiary/aromatic N) is 2. The molecule has 2 rings (SSSR count). The molecule has 0 aliphatic heterocycles. The monoisotopic (exact) mass is 312 g/mol. The molecule has 5 nitrogen and oxygen atoms in total. The lowest BCUT2D eigenvalue weighted by atomic mass is 10.2. The van der Waals surface area contributed by atoms with Gasteiger partial charge in [0.1, 0.15) is 11.6 Å². The van der Waals surface area contributed by atoms with Crippen molar-refractivity contribution in [3.05, 3.63) is 71.2 Å². The highest BCUT2D eigenvalue weighted by Gasteiger charge is 2.08. The van der Waals surface area contributed by atoms with Crippen molar-refractivity contribution in [3.63, 3.8) is 0 Å². The molecule has 0 fully saturated rings. The van der Waals surface area contributed by atoms with Crippen LogP contribution in [0.4, 0.5) is 5.69 Å². The first kappa shape index (κ1) is 15.5. The van der Waals surface area contributed by atoms with Gasteiger partial charge in [0.05, 0.1) is 0 Å². The lowest BCUT2D eigenvalue weighted by Gasteiger charge is -2.05. The summed E-state index contributed by atoms with van der Waals surface area (Å²) in [6.07, 6.45) is 4.75. The van der Waals surface area contributed by atoms with Crippen molar-refractivity contribution in [2.45, 2.75) is 6.54 Å². The number of carbonyl (C=O) groups excluding carboxylic acids is 1. The van der Waals surface area contributed by atoms with Gasteiger partial charge in [-0.1, -0.05) is 11.6 Å². The average molecular weight is 313 g/mol. The molecule has 1 heterocycles. The summed E-state index contributed by atoms with van der Waals surface area (Å²) in [6.45, 7) is 0.502. The molecule has 2 N–H and O–H groups in total. The second-order valence-corrected chi connectivity index (χ2v) is 4.80. The predicted octanol–water partition coefficient (Wildman–Crippen LogP) is 2.87. The van der Waals surface area contributed by atoms with Gasteiger partial charge in [-0.25, -0.2) is 0 Å². The van der Waals surface area contributed by atoms with Gasteiger partial charge in [-0.15, -0.1) is 0 Å². The zero-order valence-electron chi connectivity index (χ0n) is 11.6. The Morgan fingerprint density at radius 1 is 1.23 bits per heavy atom. The Morgan fingerprint density at radius 2 is 1.91 bits per heavy atom. The first-order valence-electron chi connectivity index (χ1n) is 6.48. The molecule has 1 aromatic carbocycles. The van der Waals surface area contributed by atoms with Crippen molar-refractivity contribution >= 4 is 23.2 Å². The van der Waals surface area contributed by atoms with Crippen LogP contribution in [-0.4, -0.2) is 10.9 Å². The van der Waals surface area contributed by atoms with Gasteiger partial charge in [0.25, 0.3) is 5.91 Å². The second-order valence-electron chi connectivity index (χ2n) is 4.37. The highest BCUT2D eigenvalue weighted by Crippen LogP contribution is 2.14. The molecule has 0 atom stereocenters. The maximum absolute atomic E-state index is 12.0. The number of aromatic nitrogens is 1. The Kier molecular flexibility index (Phi) is 5.52. The summed E-state index contributed by atoms with van der Waals surface area (Å²) >= 11 is 5.77. The number of nitrogens with one attached hydrogen (secondary N) is 2. The first-order valence-corrected chi connectivity index (χ1v) is 6.86. The molecule has 0 saturated heterocycles. The van der Waals surface area contributed by atoms with Gasteiger partial charge in [-0.3, -0.25) is 9.78 Å². The molecule has 0 saturated carbocycles. The fourth-order valence-corrected chi connectivity index (χ4v) is 1.78. The third kappa shape index (κ3) is 4.62. The number of rotatable bonds is 5. The average Bonchev–Trinajstić information content (AvgIpc) is 2.54. The summed E-state index contributed by atoms with van der Waals surface area (Å²) in [4.78, 5) is 15.9. The molecular weight excluding hydrogens is 300 g/mol. The van der Waals surface area contributed by atoms with Crippen molar-refractivity contribution in [3.8, 4) is 6.07 Å². The van der Waals surface area contributed by atoms with Gasteiger partial charge in [-0.05, 0) is 42.0 Å². The van der Waals surface area contributed by atoms with E-state index in [-0.39, 0.29) is 5.57 Å². The minimum absolute atomic E-state index is 0.0102. The molecule has 6 heteroatoms. The number of anilines is 1. The van der Waals surface area contributed by atoms with E-state index in [1.165, 1.54) is 6.20 Å². The van der Waals surface area contributed by atoms with E-state index in [1.54, 1.807) is 36.7 Å². The Balaban J connectivity index is 1.95. The molecule has 0 unspecified atom stereocenters. The molecule has 0 aliphatic rings. The van der Waals surface area contributed by atoms with Gasteiger partial charge in [0, 0.05) is 35.8 Å². The van der Waals surface area contributed by atoms with E-state index in [0.29, 0.717) is 17.3 Å². The third-order valence-electron chi connectivity index (χ3n) is 2.77. The Hall–Kier alpha value is -2.84. The van der Waals surface area contributed by atoms with Crippen molar-refractivity contribution < 1.29 is 4.79 Å². The predicted molar refractivity (Wildman–Crippen MR) is 84.9 cm³/mol. The van der Waals surface area contributed by atoms with Crippen LogP contribution in [-0.2, 0) is 11.3 Å². The summed E-state index contributed by atoms with van der Waals surface area (Å²) in [5.74, 6) is -0.480. The van der Waals surface area contributed by atoms with E-state index in [4.69, 9.17) is 16.9 Å². The number of halogens is 1. The van der Waals surface area contributed by atoms with Crippen molar-refractivity contribution in [2.75, 3.05) is 5.32 Å². The quantitative estimate of drug-likeness (QED) is 0.657. The van der Waals surface area contributed by atoms with Crippen LogP contribution in [0.25, 0.3) is 0 Å². The number of hydrogen-bond donors (Lipinski definition) is 2. The minimum atomic E-state index is -0.480.